The molecule has 1 aromatic carbocycles. The maximum Gasteiger partial charge on any atom is 0.171 e. The number of rotatable bonds is 2. The summed E-state index contributed by atoms with van der Waals surface area (Å²) in [6.07, 6.45) is 5.50. The third-order valence-electron chi connectivity index (χ3n) is 4.16. The predicted octanol–water partition coefficient (Wildman–Crippen LogP) is 3.92. The summed E-state index contributed by atoms with van der Waals surface area (Å²) in [5.41, 5.74) is 1.04. The number of hydrogen-bond donors (Lipinski definition) is 2. The summed E-state index contributed by atoms with van der Waals surface area (Å²) in [5, 5.41) is 7.50. The molecule has 1 aromatic rings. The molecule has 0 amide bonds. The van der Waals surface area contributed by atoms with Crippen molar-refractivity contribution in [2.24, 2.45) is 11.8 Å². The average molecular weight is 325 g/mol. The molecule has 0 heterocycles. The maximum atomic E-state index is 5.39. The van der Waals surface area contributed by atoms with Crippen molar-refractivity contribution in [1.82, 2.24) is 5.32 Å². The highest BCUT2D eigenvalue weighted by atomic mass is 79.9. The van der Waals surface area contributed by atoms with Crippen LogP contribution in [0.5, 0.6) is 0 Å². The molecule has 2 bridgehead atoms. The van der Waals surface area contributed by atoms with Gasteiger partial charge in [-0.15, -0.1) is 0 Å². The first-order valence-electron chi connectivity index (χ1n) is 6.54. The van der Waals surface area contributed by atoms with Gasteiger partial charge >= 0.3 is 0 Å². The van der Waals surface area contributed by atoms with Gasteiger partial charge in [-0.1, -0.05) is 22.4 Å². The number of benzene rings is 1. The molecule has 2 aliphatic carbocycles. The summed E-state index contributed by atoms with van der Waals surface area (Å²) in [4.78, 5) is 0. The van der Waals surface area contributed by atoms with Gasteiger partial charge in [-0.05, 0) is 67.6 Å². The third-order valence-corrected chi connectivity index (χ3v) is 4.91. The molecule has 0 aliphatic heterocycles. The second kappa shape index (κ2) is 5.17. The molecule has 96 valence electrons. The minimum Gasteiger partial charge on any atom is -0.359 e. The standard InChI is InChI=1S/C14H17BrN2S/c15-11-3-5-12(6-4-11)16-14(18)17-13-8-9-1-2-10(13)7-9/h3-6,9-10,13H,1-2,7-8H2,(H2,16,17,18)/t9-,10-,13-/m1/s1. The van der Waals surface area contributed by atoms with E-state index in [4.69, 9.17) is 12.2 Å². The van der Waals surface area contributed by atoms with Crippen LogP contribution < -0.4 is 10.6 Å². The van der Waals surface area contributed by atoms with Gasteiger partial charge in [0.05, 0.1) is 0 Å². The van der Waals surface area contributed by atoms with Crippen LogP contribution in [0, 0.1) is 11.8 Å². The van der Waals surface area contributed by atoms with Gasteiger partial charge in [-0.3, -0.25) is 0 Å². The van der Waals surface area contributed by atoms with E-state index < -0.39 is 0 Å². The van der Waals surface area contributed by atoms with Crippen LogP contribution in [0.3, 0.4) is 0 Å². The summed E-state index contributed by atoms with van der Waals surface area (Å²) in [5.74, 6) is 1.79. The molecule has 3 atom stereocenters. The Labute approximate surface area is 122 Å². The van der Waals surface area contributed by atoms with E-state index in [2.05, 4.69) is 26.6 Å². The fourth-order valence-electron chi connectivity index (χ4n) is 3.29. The normalized spacial score (nSPS) is 29.3. The van der Waals surface area contributed by atoms with Gasteiger partial charge in [0, 0.05) is 16.2 Å². The number of halogens is 1. The maximum absolute atomic E-state index is 5.39. The highest BCUT2D eigenvalue weighted by Gasteiger charge is 2.39. The summed E-state index contributed by atoms with van der Waals surface area (Å²) in [6, 6.07) is 8.68. The van der Waals surface area contributed by atoms with Crippen LogP contribution in [0.25, 0.3) is 0 Å². The lowest BCUT2D eigenvalue weighted by Crippen LogP contribution is -2.40. The van der Waals surface area contributed by atoms with E-state index in [0.717, 1.165) is 27.1 Å². The van der Waals surface area contributed by atoms with Crippen molar-refractivity contribution in [1.29, 1.82) is 0 Å². The monoisotopic (exact) mass is 324 g/mol. The summed E-state index contributed by atoms with van der Waals surface area (Å²) in [7, 11) is 0. The van der Waals surface area contributed by atoms with Gasteiger partial charge in [-0.25, -0.2) is 0 Å². The molecule has 18 heavy (non-hydrogen) atoms. The Balaban J connectivity index is 1.54. The minimum absolute atomic E-state index is 0.596. The van der Waals surface area contributed by atoms with Gasteiger partial charge in [0.15, 0.2) is 5.11 Å². The Morgan fingerprint density at radius 1 is 1.17 bits per heavy atom. The second-order valence-corrected chi connectivity index (χ2v) is 6.71. The van der Waals surface area contributed by atoms with Crippen molar-refractivity contribution >= 4 is 38.9 Å². The highest BCUT2D eigenvalue weighted by molar-refractivity contribution is 9.10. The van der Waals surface area contributed by atoms with E-state index in [1.165, 1.54) is 25.7 Å². The van der Waals surface area contributed by atoms with Crippen molar-refractivity contribution in [2.45, 2.75) is 31.7 Å². The average Bonchev–Trinajstić information content (AvgIpc) is 2.94. The zero-order valence-electron chi connectivity index (χ0n) is 10.2. The number of thiocarbonyl (C=S) groups is 1. The van der Waals surface area contributed by atoms with Gasteiger partial charge < -0.3 is 10.6 Å². The Morgan fingerprint density at radius 2 is 1.94 bits per heavy atom. The topological polar surface area (TPSA) is 24.1 Å². The van der Waals surface area contributed by atoms with Gasteiger partial charge in [0.25, 0.3) is 0 Å². The molecule has 0 spiro atoms. The van der Waals surface area contributed by atoms with Crippen LogP contribution in [0.2, 0.25) is 0 Å². The number of hydrogen-bond acceptors (Lipinski definition) is 1. The fourth-order valence-corrected chi connectivity index (χ4v) is 3.82. The number of nitrogens with one attached hydrogen (secondary N) is 2. The Hall–Kier alpha value is -0.610. The Morgan fingerprint density at radius 3 is 2.56 bits per heavy atom. The molecular formula is C14H17BrN2S. The number of anilines is 1. The van der Waals surface area contributed by atoms with E-state index in [1.54, 1.807) is 0 Å². The van der Waals surface area contributed by atoms with E-state index in [1.807, 2.05) is 24.3 Å². The van der Waals surface area contributed by atoms with Gasteiger partial charge in [0.1, 0.15) is 0 Å². The van der Waals surface area contributed by atoms with Crippen molar-refractivity contribution in [3.8, 4) is 0 Å². The van der Waals surface area contributed by atoms with Crippen molar-refractivity contribution < 1.29 is 0 Å². The smallest absolute Gasteiger partial charge is 0.171 e. The van der Waals surface area contributed by atoms with Crippen LogP contribution in [0.15, 0.2) is 28.7 Å². The van der Waals surface area contributed by atoms with Crippen LogP contribution in [-0.2, 0) is 0 Å². The molecule has 0 saturated heterocycles. The van der Waals surface area contributed by atoms with Crippen LogP contribution in [-0.4, -0.2) is 11.2 Å². The Kier molecular flexibility index (Phi) is 3.57. The largest absolute Gasteiger partial charge is 0.359 e. The van der Waals surface area contributed by atoms with E-state index >= 15 is 0 Å². The molecule has 0 radical (unpaired) electrons. The lowest BCUT2D eigenvalue weighted by atomic mass is 9.96. The molecule has 2 nitrogen and oxygen atoms in total. The van der Waals surface area contributed by atoms with Gasteiger partial charge in [-0.2, -0.15) is 0 Å². The minimum atomic E-state index is 0.596. The first kappa shape index (κ1) is 12.4. The lowest BCUT2D eigenvalue weighted by molar-refractivity contribution is 0.392. The summed E-state index contributed by atoms with van der Waals surface area (Å²) in [6.45, 7) is 0. The quantitative estimate of drug-likeness (QED) is 0.806. The molecule has 4 heteroatoms. The second-order valence-electron chi connectivity index (χ2n) is 5.39. The highest BCUT2D eigenvalue weighted by Crippen LogP contribution is 2.44. The third kappa shape index (κ3) is 2.69. The lowest BCUT2D eigenvalue weighted by Gasteiger charge is -2.24. The molecule has 0 unspecified atom stereocenters. The Bertz CT molecular complexity index is 446. The molecule has 2 N–H and O–H groups in total. The summed E-state index contributed by atoms with van der Waals surface area (Å²) >= 11 is 8.82. The van der Waals surface area contributed by atoms with Crippen LogP contribution in [0.4, 0.5) is 5.69 Å². The SMILES string of the molecule is S=C(Nc1ccc(Br)cc1)N[C@@H]1C[C@@H]2CC[C@@H]1C2. The molecule has 2 saturated carbocycles. The molecule has 3 rings (SSSR count). The fraction of sp³-hybridized carbons (Fsp3) is 0.500. The summed E-state index contributed by atoms with van der Waals surface area (Å²) < 4.78 is 1.08. The zero-order valence-corrected chi connectivity index (χ0v) is 12.6. The van der Waals surface area contributed by atoms with E-state index in [9.17, 15) is 0 Å². The predicted molar refractivity (Wildman–Crippen MR) is 82.7 cm³/mol. The molecule has 2 fully saturated rings. The number of fused-ring (bicyclic) bond motifs is 2. The molecule has 2 aliphatic rings. The van der Waals surface area contributed by atoms with Crippen LogP contribution >= 0.6 is 28.1 Å². The molecule has 0 aromatic heterocycles. The van der Waals surface area contributed by atoms with Crippen molar-refractivity contribution in [2.75, 3.05) is 5.32 Å². The molecular weight excluding hydrogens is 308 g/mol. The van der Waals surface area contributed by atoms with E-state index in [0.29, 0.717) is 6.04 Å². The first-order chi connectivity index (χ1) is 8.70. The first-order valence-corrected chi connectivity index (χ1v) is 7.74. The zero-order chi connectivity index (χ0) is 12.5. The van der Waals surface area contributed by atoms with Crippen molar-refractivity contribution in [3.05, 3.63) is 28.7 Å². The van der Waals surface area contributed by atoms with Gasteiger partial charge in [0.2, 0.25) is 0 Å². The van der Waals surface area contributed by atoms with E-state index in [-0.39, 0.29) is 0 Å². The van der Waals surface area contributed by atoms with Crippen molar-refractivity contribution in [3.63, 3.8) is 0 Å². The van der Waals surface area contributed by atoms with Crippen LogP contribution in [0.1, 0.15) is 25.7 Å².